The molecule has 0 amide bonds. The Morgan fingerprint density at radius 2 is 2.38 bits per heavy atom. The van der Waals surface area contributed by atoms with Gasteiger partial charge in [0.15, 0.2) is 17.4 Å². The Morgan fingerprint density at radius 1 is 1.62 bits per heavy atom. The lowest BCUT2D eigenvalue weighted by atomic mass is 10.1. The zero-order valence-corrected chi connectivity index (χ0v) is 13.4. The Bertz CT molecular complexity index is 539. The first-order valence-electron chi connectivity index (χ1n) is 6.83. The monoisotopic (exact) mass is 359 g/mol. The molecule has 7 heteroatoms. The maximum absolute atomic E-state index is 14.2. The number of ether oxygens (including phenoxy) is 1. The standard InChI is InChI=1S/C14H19BrFN3O2/c1-19-7-2-3-9(19)6-8-21-11-5-4-10(14(17)18-20)12(15)13(11)16/h4-5,9,20H,2-3,6-8H2,1H3,(H2,17,18). The number of amidine groups is 1. The van der Waals surface area contributed by atoms with Gasteiger partial charge in [0.05, 0.1) is 11.1 Å². The summed E-state index contributed by atoms with van der Waals surface area (Å²) >= 11 is 3.11. The van der Waals surface area contributed by atoms with Crippen LogP contribution in [0.4, 0.5) is 4.39 Å². The molecule has 0 saturated carbocycles. The molecule has 1 aromatic carbocycles. The van der Waals surface area contributed by atoms with E-state index < -0.39 is 5.82 Å². The summed E-state index contributed by atoms with van der Waals surface area (Å²) in [5.41, 5.74) is 5.76. The quantitative estimate of drug-likeness (QED) is 0.366. The van der Waals surface area contributed by atoms with Crippen molar-refractivity contribution in [1.82, 2.24) is 4.90 Å². The van der Waals surface area contributed by atoms with Gasteiger partial charge < -0.3 is 20.6 Å². The van der Waals surface area contributed by atoms with Crippen LogP contribution in [0.25, 0.3) is 0 Å². The van der Waals surface area contributed by atoms with Crippen LogP contribution in [0.1, 0.15) is 24.8 Å². The summed E-state index contributed by atoms with van der Waals surface area (Å²) in [5, 5.41) is 11.5. The van der Waals surface area contributed by atoms with Gasteiger partial charge in [-0.3, -0.25) is 0 Å². The molecule has 1 aliphatic heterocycles. The van der Waals surface area contributed by atoms with Crippen molar-refractivity contribution in [2.24, 2.45) is 10.9 Å². The number of halogens is 2. The normalized spacial score (nSPS) is 20.0. The fraction of sp³-hybridized carbons (Fsp3) is 0.500. The van der Waals surface area contributed by atoms with E-state index in [0.29, 0.717) is 12.6 Å². The molecule has 0 aromatic heterocycles. The van der Waals surface area contributed by atoms with Crippen LogP contribution < -0.4 is 10.5 Å². The summed E-state index contributed by atoms with van der Waals surface area (Å²) in [6.07, 6.45) is 3.24. The molecule has 1 atom stereocenters. The second-order valence-electron chi connectivity index (χ2n) is 5.14. The fourth-order valence-electron chi connectivity index (χ4n) is 2.54. The van der Waals surface area contributed by atoms with Crippen molar-refractivity contribution >= 4 is 21.8 Å². The Labute approximate surface area is 131 Å². The van der Waals surface area contributed by atoms with Crippen molar-refractivity contribution in [3.63, 3.8) is 0 Å². The first kappa shape index (κ1) is 16.0. The summed E-state index contributed by atoms with van der Waals surface area (Å²) < 4.78 is 19.8. The minimum atomic E-state index is -0.543. The third-order valence-electron chi connectivity index (χ3n) is 3.81. The van der Waals surface area contributed by atoms with E-state index in [1.165, 1.54) is 12.5 Å². The summed E-state index contributed by atoms with van der Waals surface area (Å²) in [5.74, 6) is -0.532. The maximum Gasteiger partial charge on any atom is 0.179 e. The molecule has 1 aliphatic rings. The molecule has 0 aliphatic carbocycles. The lowest BCUT2D eigenvalue weighted by Gasteiger charge is -2.19. The van der Waals surface area contributed by atoms with Gasteiger partial charge in [-0.25, -0.2) is 4.39 Å². The molecular weight excluding hydrogens is 341 g/mol. The molecule has 3 N–H and O–H groups in total. The average molecular weight is 360 g/mol. The Kier molecular flexibility index (Phi) is 5.41. The highest BCUT2D eigenvalue weighted by Gasteiger charge is 2.21. The van der Waals surface area contributed by atoms with Gasteiger partial charge in [0.1, 0.15) is 0 Å². The first-order valence-corrected chi connectivity index (χ1v) is 7.62. The van der Waals surface area contributed by atoms with Crippen LogP contribution in [-0.2, 0) is 0 Å². The predicted molar refractivity (Wildman–Crippen MR) is 82.4 cm³/mol. The lowest BCUT2D eigenvalue weighted by Crippen LogP contribution is -2.26. The molecule has 2 rings (SSSR count). The van der Waals surface area contributed by atoms with E-state index >= 15 is 0 Å². The Balaban J connectivity index is 1.99. The lowest BCUT2D eigenvalue weighted by molar-refractivity contribution is 0.227. The highest BCUT2D eigenvalue weighted by molar-refractivity contribution is 9.10. The molecule has 21 heavy (non-hydrogen) atoms. The van der Waals surface area contributed by atoms with Crippen molar-refractivity contribution in [2.45, 2.75) is 25.3 Å². The molecule has 1 aromatic rings. The van der Waals surface area contributed by atoms with Gasteiger partial charge in [0, 0.05) is 11.6 Å². The van der Waals surface area contributed by atoms with Crippen molar-refractivity contribution in [1.29, 1.82) is 0 Å². The Hall–Kier alpha value is -1.34. The van der Waals surface area contributed by atoms with Gasteiger partial charge >= 0.3 is 0 Å². The van der Waals surface area contributed by atoms with Crippen LogP contribution in [0, 0.1) is 5.82 Å². The molecule has 116 valence electrons. The van der Waals surface area contributed by atoms with Crippen molar-refractivity contribution in [3.05, 3.63) is 28.0 Å². The van der Waals surface area contributed by atoms with E-state index in [0.717, 1.165) is 19.4 Å². The van der Waals surface area contributed by atoms with Gasteiger partial charge in [-0.05, 0) is 60.9 Å². The topological polar surface area (TPSA) is 71.1 Å². The molecule has 0 radical (unpaired) electrons. The maximum atomic E-state index is 14.2. The Morgan fingerprint density at radius 3 is 3.00 bits per heavy atom. The number of nitrogens with two attached hydrogens (primary N) is 1. The number of hydrogen-bond acceptors (Lipinski definition) is 4. The van der Waals surface area contributed by atoms with E-state index in [1.807, 2.05) is 0 Å². The first-order chi connectivity index (χ1) is 10.0. The molecule has 1 saturated heterocycles. The zero-order chi connectivity index (χ0) is 15.4. The smallest absolute Gasteiger partial charge is 0.179 e. The third kappa shape index (κ3) is 3.65. The second kappa shape index (κ2) is 7.09. The van der Waals surface area contributed by atoms with Crippen LogP contribution in [0.15, 0.2) is 21.8 Å². The summed E-state index contributed by atoms with van der Waals surface area (Å²) in [7, 11) is 2.10. The molecule has 1 fully saturated rings. The SMILES string of the molecule is CN1CCCC1CCOc1ccc(/C(N)=N/O)c(Br)c1F. The van der Waals surface area contributed by atoms with Crippen LogP contribution in [-0.4, -0.2) is 42.2 Å². The number of rotatable bonds is 5. The second-order valence-corrected chi connectivity index (χ2v) is 5.93. The minimum Gasteiger partial charge on any atom is -0.490 e. The molecule has 0 bridgehead atoms. The van der Waals surface area contributed by atoms with Crippen molar-refractivity contribution < 1.29 is 14.3 Å². The van der Waals surface area contributed by atoms with Crippen LogP contribution in [0.3, 0.4) is 0 Å². The van der Waals surface area contributed by atoms with Gasteiger partial charge in [-0.15, -0.1) is 0 Å². The van der Waals surface area contributed by atoms with Crippen molar-refractivity contribution in [3.8, 4) is 5.75 Å². The molecule has 1 heterocycles. The zero-order valence-electron chi connectivity index (χ0n) is 11.9. The highest BCUT2D eigenvalue weighted by atomic mass is 79.9. The number of nitrogens with zero attached hydrogens (tertiary/aromatic N) is 2. The summed E-state index contributed by atoms with van der Waals surface area (Å²) in [6.45, 7) is 1.57. The van der Waals surface area contributed by atoms with Crippen LogP contribution in [0.2, 0.25) is 0 Å². The number of oxime groups is 1. The average Bonchev–Trinajstić information content (AvgIpc) is 2.88. The van der Waals surface area contributed by atoms with E-state index in [1.54, 1.807) is 6.07 Å². The molecule has 1 unspecified atom stereocenters. The minimum absolute atomic E-state index is 0.133. The largest absolute Gasteiger partial charge is 0.490 e. The highest BCUT2D eigenvalue weighted by Crippen LogP contribution is 2.29. The van der Waals surface area contributed by atoms with E-state index in [4.69, 9.17) is 15.7 Å². The third-order valence-corrected chi connectivity index (χ3v) is 4.59. The van der Waals surface area contributed by atoms with Gasteiger partial charge in [0.25, 0.3) is 0 Å². The van der Waals surface area contributed by atoms with Crippen LogP contribution >= 0.6 is 15.9 Å². The van der Waals surface area contributed by atoms with E-state index in [9.17, 15) is 4.39 Å². The fourth-order valence-corrected chi connectivity index (χ4v) is 3.07. The molecule has 0 spiro atoms. The summed E-state index contributed by atoms with van der Waals surface area (Å²) in [4.78, 5) is 2.30. The molecular formula is C14H19BrFN3O2. The van der Waals surface area contributed by atoms with E-state index in [-0.39, 0.29) is 21.6 Å². The van der Waals surface area contributed by atoms with Gasteiger partial charge in [0.2, 0.25) is 0 Å². The van der Waals surface area contributed by atoms with E-state index in [2.05, 4.69) is 33.0 Å². The van der Waals surface area contributed by atoms with Gasteiger partial charge in [-0.1, -0.05) is 5.16 Å². The predicted octanol–water partition coefficient (Wildman–Crippen LogP) is 2.55. The number of likely N-dealkylation sites (tertiary alicyclic amines) is 1. The molecule has 5 nitrogen and oxygen atoms in total. The van der Waals surface area contributed by atoms with Gasteiger partial charge in [-0.2, -0.15) is 0 Å². The number of hydrogen-bond donors (Lipinski definition) is 2. The van der Waals surface area contributed by atoms with Crippen molar-refractivity contribution in [2.75, 3.05) is 20.2 Å². The van der Waals surface area contributed by atoms with Crippen LogP contribution in [0.5, 0.6) is 5.75 Å². The number of benzene rings is 1. The summed E-state index contributed by atoms with van der Waals surface area (Å²) in [6, 6.07) is 3.55.